The number of nitrogens with zero attached hydrogens (tertiary/aromatic N) is 1. The molecule has 7 heteroatoms. The van der Waals surface area contributed by atoms with Gasteiger partial charge in [0.1, 0.15) is 11.6 Å². The van der Waals surface area contributed by atoms with Gasteiger partial charge in [-0.15, -0.1) is 23.5 Å². The van der Waals surface area contributed by atoms with Crippen molar-refractivity contribution >= 4 is 29.4 Å². The number of hydrogen-bond acceptors (Lipinski definition) is 5. The number of benzene rings is 2. The van der Waals surface area contributed by atoms with Gasteiger partial charge in [-0.05, 0) is 49.2 Å². The van der Waals surface area contributed by atoms with E-state index in [1.54, 1.807) is 17.8 Å². The first-order valence-electron chi connectivity index (χ1n) is 8.97. The van der Waals surface area contributed by atoms with Crippen LogP contribution in [0.1, 0.15) is 39.8 Å². The van der Waals surface area contributed by atoms with Crippen LogP contribution in [0.4, 0.5) is 4.39 Å². The van der Waals surface area contributed by atoms with Crippen molar-refractivity contribution in [1.29, 1.82) is 0 Å². The molecule has 1 aromatic heterocycles. The quantitative estimate of drug-likeness (QED) is 0.568. The summed E-state index contributed by atoms with van der Waals surface area (Å²) in [6, 6.07) is 14.0. The monoisotopic (exact) mass is 414 g/mol. The average Bonchev–Trinajstić information content (AvgIpc) is 3.12. The number of halogens is 1. The van der Waals surface area contributed by atoms with Gasteiger partial charge in [-0.25, -0.2) is 4.39 Å². The van der Waals surface area contributed by atoms with E-state index in [1.165, 1.54) is 23.9 Å². The zero-order chi connectivity index (χ0) is 19.5. The molecule has 1 amide bonds. The van der Waals surface area contributed by atoms with Crippen LogP contribution in [0.3, 0.4) is 0 Å². The van der Waals surface area contributed by atoms with Gasteiger partial charge >= 0.3 is 0 Å². The Hall–Kier alpha value is -2.25. The van der Waals surface area contributed by atoms with E-state index in [-0.39, 0.29) is 17.8 Å². The van der Waals surface area contributed by atoms with Crippen molar-refractivity contribution in [2.75, 3.05) is 5.75 Å². The molecule has 0 radical (unpaired) electrons. The Bertz CT molecular complexity index is 1010. The summed E-state index contributed by atoms with van der Waals surface area (Å²) in [5.74, 6) is 1.83. The molecule has 1 atom stereocenters. The van der Waals surface area contributed by atoms with Crippen LogP contribution in [0.25, 0.3) is 0 Å². The van der Waals surface area contributed by atoms with Crippen LogP contribution in [-0.4, -0.2) is 16.8 Å². The summed E-state index contributed by atoms with van der Waals surface area (Å²) < 4.78 is 19.0. The minimum atomic E-state index is -0.279. The van der Waals surface area contributed by atoms with Gasteiger partial charge in [-0.3, -0.25) is 4.79 Å². The van der Waals surface area contributed by atoms with E-state index in [4.69, 9.17) is 4.52 Å². The zero-order valence-corrected chi connectivity index (χ0v) is 16.9. The summed E-state index contributed by atoms with van der Waals surface area (Å²) in [7, 11) is 0. The molecule has 144 valence electrons. The first kappa shape index (κ1) is 19.1. The molecule has 1 aliphatic rings. The highest BCUT2D eigenvalue weighted by Gasteiger charge is 2.24. The predicted octanol–water partition coefficient (Wildman–Crippen LogP) is 5.38. The number of amides is 1. The van der Waals surface area contributed by atoms with E-state index in [0.717, 1.165) is 39.0 Å². The second-order valence-corrected chi connectivity index (χ2v) is 8.72. The maximum Gasteiger partial charge on any atom is 0.252 e. The Morgan fingerprint density at radius 2 is 2.18 bits per heavy atom. The van der Waals surface area contributed by atoms with Crippen LogP contribution in [0.2, 0.25) is 0 Å². The fourth-order valence-corrected chi connectivity index (χ4v) is 5.19. The summed E-state index contributed by atoms with van der Waals surface area (Å²) >= 11 is 3.23. The van der Waals surface area contributed by atoms with Crippen molar-refractivity contribution in [2.24, 2.45) is 0 Å². The lowest BCUT2D eigenvalue weighted by molar-refractivity contribution is 0.0932. The molecule has 1 aliphatic heterocycles. The van der Waals surface area contributed by atoms with Crippen LogP contribution in [0, 0.1) is 12.7 Å². The summed E-state index contributed by atoms with van der Waals surface area (Å²) in [5.41, 5.74) is 2.30. The van der Waals surface area contributed by atoms with Gasteiger partial charge in [0.25, 0.3) is 5.91 Å². The molecular formula is C21H19FN2O2S2. The summed E-state index contributed by atoms with van der Waals surface area (Å²) in [4.78, 5) is 14.9. The van der Waals surface area contributed by atoms with Crippen LogP contribution >= 0.6 is 23.5 Å². The van der Waals surface area contributed by atoms with E-state index in [1.807, 2.05) is 37.3 Å². The molecule has 1 unspecified atom stereocenters. The van der Waals surface area contributed by atoms with Gasteiger partial charge in [0.2, 0.25) is 0 Å². The number of nitrogens with one attached hydrogen (secondary N) is 1. The van der Waals surface area contributed by atoms with E-state index >= 15 is 0 Å². The Morgan fingerprint density at radius 3 is 3.00 bits per heavy atom. The zero-order valence-electron chi connectivity index (χ0n) is 15.3. The third-order valence-electron chi connectivity index (χ3n) is 4.50. The van der Waals surface area contributed by atoms with Gasteiger partial charge < -0.3 is 9.84 Å². The van der Waals surface area contributed by atoms with Gasteiger partial charge in [-0.1, -0.05) is 17.3 Å². The Morgan fingerprint density at radius 1 is 1.32 bits per heavy atom. The maximum atomic E-state index is 13.7. The lowest BCUT2D eigenvalue weighted by Gasteiger charge is -2.26. The first-order chi connectivity index (χ1) is 13.6. The number of hydrogen-bond donors (Lipinski definition) is 1. The molecule has 3 aromatic rings. The number of carbonyl (C=O) groups is 1. The second kappa shape index (κ2) is 8.41. The van der Waals surface area contributed by atoms with Gasteiger partial charge in [0.05, 0.1) is 23.1 Å². The fourth-order valence-electron chi connectivity index (χ4n) is 3.16. The number of carbonyl (C=O) groups excluding carboxylic acids is 1. The van der Waals surface area contributed by atoms with E-state index < -0.39 is 0 Å². The van der Waals surface area contributed by atoms with Gasteiger partial charge in [-0.2, -0.15) is 0 Å². The molecular weight excluding hydrogens is 395 g/mol. The normalized spacial score (nSPS) is 15.9. The SMILES string of the molecule is Cc1cc(CSc2ccccc2C(=O)NC2CCSc3ccc(F)cc32)on1. The number of fused-ring (bicyclic) bond motifs is 1. The van der Waals surface area contributed by atoms with Gasteiger partial charge in [0.15, 0.2) is 0 Å². The van der Waals surface area contributed by atoms with Crippen LogP contribution in [-0.2, 0) is 5.75 Å². The smallest absolute Gasteiger partial charge is 0.252 e. The predicted molar refractivity (Wildman–Crippen MR) is 109 cm³/mol. The third kappa shape index (κ3) is 4.25. The van der Waals surface area contributed by atoms with Crippen molar-refractivity contribution in [3.05, 3.63) is 76.9 Å². The van der Waals surface area contributed by atoms with Crippen molar-refractivity contribution in [1.82, 2.24) is 10.5 Å². The fraction of sp³-hybridized carbons (Fsp3) is 0.238. The molecule has 4 nitrogen and oxygen atoms in total. The molecule has 0 saturated carbocycles. The summed E-state index contributed by atoms with van der Waals surface area (Å²) in [6.07, 6.45) is 0.777. The minimum absolute atomic E-state index is 0.149. The van der Waals surface area contributed by atoms with E-state index in [2.05, 4.69) is 10.5 Å². The highest BCUT2D eigenvalue weighted by Crippen LogP contribution is 2.37. The molecule has 0 fully saturated rings. The Labute approximate surface area is 171 Å². The second-order valence-electron chi connectivity index (χ2n) is 6.56. The van der Waals surface area contributed by atoms with Crippen LogP contribution < -0.4 is 5.32 Å². The Balaban J connectivity index is 1.51. The minimum Gasteiger partial charge on any atom is -0.360 e. The third-order valence-corrected chi connectivity index (χ3v) is 6.71. The number of rotatable bonds is 5. The first-order valence-corrected chi connectivity index (χ1v) is 10.9. The van der Waals surface area contributed by atoms with E-state index in [0.29, 0.717) is 11.3 Å². The summed E-state index contributed by atoms with van der Waals surface area (Å²) in [5, 5.41) is 6.99. The lowest BCUT2D eigenvalue weighted by atomic mass is 10.0. The van der Waals surface area contributed by atoms with Crippen LogP contribution in [0.15, 0.2) is 62.8 Å². The largest absolute Gasteiger partial charge is 0.360 e. The highest BCUT2D eigenvalue weighted by molar-refractivity contribution is 7.99. The number of thioether (sulfide) groups is 2. The molecule has 4 rings (SSSR count). The molecule has 2 aromatic carbocycles. The van der Waals surface area contributed by atoms with Crippen molar-refractivity contribution < 1.29 is 13.7 Å². The van der Waals surface area contributed by atoms with Crippen molar-refractivity contribution in [2.45, 2.75) is 34.9 Å². The molecule has 0 bridgehead atoms. The average molecular weight is 415 g/mol. The standard InChI is InChI=1S/C21H19FN2O2S2/c1-13-10-15(26-24-13)12-28-19-5-3-2-4-16(19)21(25)23-18-8-9-27-20-7-6-14(22)11-17(18)20/h2-7,10-11,18H,8-9,12H2,1H3,(H,23,25). The van der Waals surface area contributed by atoms with Crippen molar-refractivity contribution in [3.63, 3.8) is 0 Å². The van der Waals surface area contributed by atoms with Gasteiger partial charge in [0, 0.05) is 21.6 Å². The highest BCUT2D eigenvalue weighted by atomic mass is 32.2. The topological polar surface area (TPSA) is 55.1 Å². The molecule has 2 heterocycles. The number of aryl methyl sites for hydroxylation is 1. The number of aromatic nitrogens is 1. The lowest BCUT2D eigenvalue weighted by Crippen LogP contribution is -2.31. The molecule has 0 spiro atoms. The molecule has 1 N–H and O–H groups in total. The Kier molecular flexibility index (Phi) is 5.73. The summed E-state index contributed by atoms with van der Waals surface area (Å²) in [6.45, 7) is 1.88. The maximum absolute atomic E-state index is 13.7. The molecule has 0 aliphatic carbocycles. The molecule has 0 saturated heterocycles. The van der Waals surface area contributed by atoms with Crippen molar-refractivity contribution in [3.8, 4) is 0 Å². The van der Waals surface area contributed by atoms with E-state index in [9.17, 15) is 9.18 Å². The molecule has 28 heavy (non-hydrogen) atoms. The van der Waals surface area contributed by atoms with Crippen LogP contribution in [0.5, 0.6) is 0 Å².